The highest BCUT2D eigenvalue weighted by molar-refractivity contribution is 5.78. The average Bonchev–Trinajstić information content (AvgIpc) is 3.12. The van der Waals surface area contributed by atoms with Gasteiger partial charge >= 0.3 is 0 Å². The first-order chi connectivity index (χ1) is 13.4. The molecule has 6 fully saturated rings. The second-order valence-electron chi connectivity index (χ2n) is 10.2. The van der Waals surface area contributed by atoms with E-state index in [1.807, 2.05) is 6.92 Å². The summed E-state index contributed by atoms with van der Waals surface area (Å²) in [5.74, 6) is 1.20. The first-order valence-electron chi connectivity index (χ1n) is 11.4. The predicted molar refractivity (Wildman–Crippen MR) is 102 cm³/mol. The minimum Gasteiger partial charge on any atom is -0.353 e. The van der Waals surface area contributed by atoms with Crippen molar-refractivity contribution in [3.05, 3.63) is 0 Å². The summed E-state index contributed by atoms with van der Waals surface area (Å²) in [5, 5.41) is 3.18. The molecule has 4 heterocycles. The Morgan fingerprint density at radius 2 is 1.82 bits per heavy atom. The van der Waals surface area contributed by atoms with E-state index >= 15 is 0 Å². The number of hydrogen-bond donors (Lipinski definition) is 1. The van der Waals surface area contributed by atoms with Gasteiger partial charge in [0.15, 0.2) is 11.9 Å². The van der Waals surface area contributed by atoms with E-state index in [1.54, 1.807) is 0 Å². The van der Waals surface area contributed by atoms with Gasteiger partial charge in [0.25, 0.3) is 0 Å². The summed E-state index contributed by atoms with van der Waals surface area (Å²) in [7, 11) is 0. The van der Waals surface area contributed by atoms with Gasteiger partial charge in [-0.2, -0.15) is 0 Å². The van der Waals surface area contributed by atoms with E-state index in [1.165, 1.54) is 19.3 Å². The van der Waals surface area contributed by atoms with E-state index in [9.17, 15) is 4.79 Å². The third-order valence-corrected chi connectivity index (χ3v) is 8.50. The third-order valence-electron chi connectivity index (χ3n) is 8.50. The van der Waals surface area contributed by atoms with Crippen LogP contribution in [-0.2, 0) is 24.0 Å². The fourth-order valence-electron chi connectivity index (χ4n) is 6.75. The van der Waals surface area contributed by atoms with Crippen molar-refractivity contribution >= 4 is 5.91 Å². The van der Waals surface area contributed by atoms with Crippen LogP contribution >= 0.6 is 0 Å². The molecule has 0 aromatic heterocycles. The molecule has 4 saturated heterocycles. The molecule has 1 N–H and O–H groups in total. The Morgan fingerprint density at radius 3 is 2.61 bits per heavy atom. The Kier molecular flexibility index (Phi) is 4.77. The van der Waals surface area contributed by atoms with Crippen LogP contribution in [0.15, 0.2) is 0 Å². The molecule has 2 aliphatic carbocycles. The van der Waals surface area contributed by atoms with Crippen LogP contribution in [-0.4, -0.2) is 36.2 Å². The Morgan fingerprint density at radius 1 is 1.04 bits per heavy atom. The van der Waals surface area contributed by atoms with Crippen LogP contribution in [0.5, 0.6) is 0 Å². The minimum absolute atomic E-state index is 0.0495. The lowest BCUT2D eigenvalue weighted by Crippen LogP contribution is -2.71. The fraction of sp³-hybridized carbons (Fsp3) is 0.955. The number of rotatable bonds is 3. The first-order valence-corrected chi connectivity index (χ1v) is 11.4. The van der Waals surface area contributed by atoms with Gasteiger partial charge in [-0.05, 0) is 56.8 Å². The quantitative estimate of drug-likeness (QED) is 0.743. The lowest BCUT2D eigenvalue weighted by atomic mass is 9.57. The molecule has 6 rings (SSSR count). The number of amides is 1. The van der Waals surface area contributed by atoms with Crippen LogP contribution in [0.3, 0.4) is 0 Å². The van der Waals surface area contributed by atoms with E-state index in [0.717, 1.165) is 32.1 Å². The van der Waals surface area contributed by atoms with Crippen molar-refractivity contribution in [1.29, 1.82) is 0 Å². The van der Waals surface area contributed by atoms with E-state index < -0.39 is 17.7 Å². The van der Waals surface area contributed by atoms with Gasteiger partial charge in [0.2, 0.25) is 11.7 Å². The van der Waals surface area contributed by atoms with E-state index in [0.29, 0.717) is 24.3 Å². The molecule has 0 unspecified atom stereocenters. The molecule has 0 radical (unpaired) electrons. The molecule has 4 aliphatic heterocycles. The smallest absolute Gasteiger partial charge is 0.223 e. The minimum atomic E-state index is -0.740. The molecule has 1 amide bonds. The summed E-state index contributed by atoms with van der Waals surface area (Å²) in [6.07, 6.45) is 8.08. The summed E-state index contributed by atoms with van der Waals surface area (Å²) in [4.78, 5) is 24.6. The highest BCUT2D eigenvalue weighted by Crippen LogP contribution is 2.60. The molecule has 6 aliphatic rings. The van der Waals surface area contributed by atoms with Gasteiger partial charge < -0.3 is 14.8 Å². The topological polar surface area (TPSA) is 66.0 Å². The number of carbonyl (C=O) groups is 1. The Bertz CT molecular complexity index is 622. The maximum Gasteiger partial charge on any atom is 0.223 e. The maximum absolute atomic E-state index is 12.5. The van der Waals surface area contributed by atoms with Gasteiger partial charge in [0, 0.05) is 24.8 Å². The zero-order valence-electron chi connectivity index (χ0n) is 17.4. The highest BCUT2D eigenvalue weighted by atomic mass is 17.3. The van der Waals surface area contributed by atoms with Crippen LogP contribution < -0.4 is 5.32 Å². The van der Waals surface area contributed by atoms with Crippen LogP contribution in [0.2, 0.25) is 0 Å². The molecule has 6 heteroatoms. The zero-order valence-corrected chi connectivity index (χ0v) is 17.4. The molecule has 6 nitrogen and oxygen atoms in total. The van der Waals surface area contributed by atoms with Gasteiger partial charge in [0.05, 0.1) is 6.10 Å². The Labute approximate surface area is 167 Å². The summed E-state index contributed by atoms with van der Waals surface area (Å²) in [5.41, 5.74) is -0.515. The fourth-order valence-corrected chi connectivity index (χ4v) is 6.75. The van der Waals surface area contributed by atoms with Crippen LogP contribution in [0.1, 0.15) is 72.1 Å². The van der Waals surface area contributed by atoms with Gasteiger partial charge in [-0.25, -0.2) is 9.78 Å². The van der Waals surface area contributed by atoms with Gasteiger partial charge in [0.1, 0.15) is 0 Å². The lowest BCUT2D eigenvalue weighted by Gasteiger charge is -2.60. The largest absolute Gasteiger partial charge is 0.353 e. The summed E-state index contributed by atoms with van der Waals surface area (Å²) >= 11 is 0. The Hall–Kier alpha value is -0.690. The van der Waals surface area contributed by atoms with Gasteiger partial charge in [-0.1, -0.05) is 26.7 Å². The highest BCUT2D eigenvalue weighted by Gasteiger charge is 2.69. The van der Waals surface area contributed by atoms with Crippen molar-refractivity contribution < 1.29 is 24.0 Å². The molecule has 0 aromatic rings. The number of hydrogen-bond acceptors (Lipinski definition) is 5. The molecule has 8 atom stereocenters. The second kappa shape index (κ2) is 6.93. The molecular weight excluding hydrogens is 358 g/mol. The zero-order chi connectivity index (χ0) is 19.5. The second-order valence-corrected chi connectivity index (χ2v) is 10.2. The first kappa shape index (κ1) is 19.3. The van der Waals surface area contributed by atoms with Crippen molar-refractivity contribution in [1.82, 2.24) is 5.32 Å². The Balaban J connectivity index is 1.36. The van der Waals surface area contributed by atoms with Crippen molar-refractivity contribution in [2.24, 2.45) is 29.6 Å². The summed E-state index contributed by atoms with van der Waals surface area (Å²) in [6, 6.07) is 0. The van der Waals surface area contributed by atoms with E-state index in [-0.39, 0.29) is 23.8 Å². The molecule has 1 spiro atoms. The molecular formula is C22H35NO5. The van der Waals surface area contributed by atoms with E-state index in [2.05, 4.69) is 19.2 Å². The monoisotopic (exact) mass is 393 g/mol. The van der Waals surface area contributed by atoms with Crippen LogP contribution in [0, 0.1) is 29.6 Å². The molecule has 28 heavy (non-hydrogen) atoms. The molecule has 2 bridgehead atoms. The molecule has 2 saturated carbocycles. The summed E-state index contributed by atoms with van der Waals surface area (Å²) in [6.45, 7) is 7.09. The number of ether oxygens (including phenoxy) is 2. The van der Waals surface area contributed by atoms with Crippen molar-refractivity contribution in [3.8, 4) is 0 Å². The van der Waals surface area contributed by atoms with Gasteiger partial charge in [-0.3, -0.25) is 4.79 Å². The van der Waals surface area contributed by atoms with Crippen LogP contribution in [0.4, 0.5) is 0 Å². The predicted octanol–water partition coefficient (Wildman–Crippen LogP) is 3.54. The van der Waals surface area contributed by atoms with E-state index in [4.69, 9.17) is 19.2 Å². The molecule has 0 aromatic carbocycles. The third kappa shape index (κ3) is 2.86. The summed E-state index contributed by atoms with van der Waals surface area (Å²) < 4.78 is 12.9. The molecule has 158 valence electrons. The van der Waals surface area contributed by atoms with Gasteiger partial charge in [-0.15, -0.1) is 0 Å². The average molecular weight is 394 g/mol. The number of carbonyl (C=O) groups excluding carboxylic acids is 1. The van der Waals surface area contributed by atoms with Crippen molar-refractivity contribution in [2.45, 2.75) is 95.9 Å². The lowest BCUT2D eigenvalue weighted by molar-refractivity contribution is -0.570. The van der Waals surface area contributed by atoms with Crippen molar-refractivity contribution in [3.63, 3.8) is 0 Å². The normalized spacial score (nSPS) is 50.8. The SMILES string of the molecule is C[C@H]1[C@@H](CNC(=O)C2CCCC2)O[C@@H]2O[C@@]3(C)CC[C@H]4[C@H](C)CC[C@@H]1[C@@]24OO3. The van der Waals surface area contributed by atoms with Crippen LogP contribution in [0.25, 0.3) is 0 Å². The standard InChI is InChI=1S/C22H35NO5/c1-13-8-9-17-14(2)18(12-23-19(24)15-6-4-5-7-15)25-20-22(17)16(13)10-11-21(3,26-20)27-28-22/h13-18,20H,4-12H2,1-3H3,(H,23,24)/t13-,14-,16+,17+,18-,20-,21-,22-/m1/s1. The number of nitrogens with one attached hydrogen (secondary N) is 1. The maximum atomic E-state index is 12.5. The number of fused-ring (bicyclic) bond motifs is 2. The van der Waals surface area contributed by atoms with Crippen molar-refractivity contribution in [2.75, 3.05) is 6.54 Å².